The molecule has 0 N–H and O–H groups in total. The Morgan fingerprint density at radius 3 is 2.53 bits per heavy atom. The third-order valence-electron chi connectivity index (χ3n) is 3.13. The summed E-state index contributed by atoms with van der Waals surface area (Å²) in [5.41, 5.74) is 1.18. The first-order chi connectivity index (χ1) is 8.19. The molecule has 1 saturated carbocycles. The van der Waals surface area contributed by atoms with E-state index in [2.05, 4.69) is 18.4 Å². The molecule has 0 aromatic heterocycles. The van der Waals surface area contributed by atoms with Crippen molar-refractivity contribution in [2.45, 2.75) is 18.1 Å². The molecule has 4 heteroatoms. The highest BCUT2D eigenvalue weighted by molar-refractivity contribution is 7.99. The van der Waals surface area contributed by atoms with Crippen LogP contribution < -0.4 is 0 Å². The highest BCUT2D eigenvalue weighted by Gasteiger charge is 2.25. The molecule has 0 aliphatic heterocycles. The normalized spacial score (nSPS) is 23.6. The minimum atomic E-state index is -0.373. The molecule has 2 rings (SSSR count). The van der Waals surface area contributed by atoms with Crippen molar-refractivity contribution in [3.8, 4) is 0 Å². The van der Waals surface area contributed by atoms with E-state index in [-0.39, 0.29) is 10.6 Å². The molecule has 0 bridgehead atoms. The van der Waals surface area contributed by atoms with Crippen molar-refractivity contribution in [1.82, 2.24) is 0 Å². The predicted octanol–water partition coefficient (Wildman–Crippen LogP) is 3.75. The Morgan fingerprint density at radius 1 is 1.35 bits per heavy atom. The van der Waals surface area contributed by atoms with Crippen LogP contribution >= 0.6 is 11.8 Å². The molecule has 1 aliphatic rings. The molecule has 0 amide bonds. The number of non-ortho nitro benzene ring substituents is 1. The molecule has 1 aromatic carbocycles. The first-order valence-corrected chi connectivity index (χ1v) is 6.93. The third-order valence-corrected chi connectivity index (χ3v) is 4.18. The molecule has 0 heterocycles. The quantitative estimate of drug-likeness (QED) is 0.603. The van der Waals surface area contributed by atoms with E-state index in [1.54, 1.807) is 24.3 Å². The molecule has 0 unspecified atom stereocenters. The Bertz CT molecular complexity index is 422. The van der Waals surface area contributed by atoms with E-state index in [0.717, 1.165) is 10.8 Å². The highest BCUT2D eigenvalue weighted by Crippen LogP contribution is 2.36. The lowest BCUT2D eigenvalue weighted by Crippen LogP contribution is -2.23. The lowest BCUT2D eigenvalue weighted by Gasteiger charge is -2.31. The fraction of sp³-hybridized carbons (Fsp3) is 0.385. The van der Waals surface area contributed by atoms with Gasteiger partial charge in [-0.25, -0.2) is 0 Å². The van der Waals surface area contributed by atoms with Gasteiger partial charge in [-0.05, 0) is 42.7 Å². The summed E-state index contributed by atoms with van der Waals surface area (Å²) < 4.78 is 0. The van der Waals surface area contributed by atoms with Gasteiger partial charge in [0.2, 0.25) is 0 Å². The summed E-state index contributed by atoms with van der Waals surface area (Å²) in [6, 6.07) is 6.68. The molecular weight excluding hydrogens is 234 g/mol. The lowest BCUT2D eigenvalue weighted by molar-refractivity contribution is -0.384. The van der Waals surface area contributed by atoms with Crippen LogP contribution in [0.2, 0.25) is 0 Å². The van der Waals surface area contributed by atoms with E-state index in [1.807, 2.05) is 11.8 Å². The van der Waals surface area contributed by atoms with E-state index >= 15 is 0 Å². The Morgan fingerprint density at radius 2 is 2.00 bits per heavy atom. The summed E-state index contributed by atoms with van der Waals surface area (Å²) in [5, 5.41) is 11.3. The first-order valence-electron chi connectivity index (χ1n) is 5.64. The van der Waals surface area contributed by atoms with E-state index < -0.39 is 0 Å². The number of nitrogens with zero attached hydrogens (tertiary/aromatic N) is 1. The van der Waals surface area contributed by atoms with Gasteiger partial charge in [0, 0.05) is 17.4 Å². The first kappa shape index (κ1) is 12.2. The zero-order chi connectivity index (χ0) is 12.3. The van der Waals surface area contributed by atoms with Crippen LogP contribution in [0.15, 0.2) is 30.3 Å². The molecule has 90 valence electrons. The van der Waals surface area contributed by atoms with E-state index in [4.69, 9.17) is 0 Å². The molecule has 0 atom stereocenters. The zero-order valence-electron chi connectivity index (χ0n) is 9.70. The van der Waals surface area contributed by atoms with Crippen molar-refractivity contribution in [1.29, 1.82) is 0 Å². The number of rotatable bonds is 4. The van der Waals surface area contributed by atoms with Gasteiger partial charge in [-0.15, -0.1) is 0 Å². The average molecular weight is 249 g/mol. The number of hydrogen-bond acceptors (Lipinski definition) is 3. The highest BCUT2D eigenvalue weighted by atomic mass is 32.2. The van der Waals surface area contributed by atoms with Crippen LogP contribution in [0, 0.1) is 16.0 Å². The summed E-state index contributed by atoms with van der Waals surface area (Å²) in [6.45, 7) is 0. The number of benzene rings is 1. The smallest absolute Gasteiger partial charge is 0.258 e. The number of allylic oxidation sites excluding steroid dienone is 1. The summed E-state index contributed by atoms with van der Waals surface area (Å²) >= 11 is 1.93. The number of thioether (sulfide) groups is 1. The zero-order valence-corrected chi connectivity index (χ0v) is 10.5. The average Bonchev–Trinajstić information content (AvgIpc) is 2.28. The Labute approximate surface area is 105 Å². The van der Waals surface area contributed by atoms with Gasteiger partial charge in [-0.3, -0.25) is 10.1 Å². The Kier molecular flexibility index (Phi) is 3.84. The summed E-state index contributed by atoms with van der Waals surface area (Å²) in [4.78, 5) is 10.1. The second kappa shape index (κ2) is 5.36. The van der Waals surface area contributed by atoms with Gasteiger partial charge in [0.1, 0.15) is 0 Å². The second-order valence-corrected chi connectivity index (χ2v) is 5.44. The molecular formula is C13H15NO2S. The van der Waals surface area contributed by atoms with Crippen molar-refractivity contribution in [2.75, 3.05) is 6.26 Å². The fourth-order valence-electron chi connectivity index (χ4n) is 1.91. The lowest BCUT2D eigenvalue weighted by atomic mass is 9.84. The topological polar surface area (TPSA) is 43.1 Å². The predicted molar refractivity (Wildman–Crippen MR) is 72.2 cm³/mol. The molecule has 1 aromatic rings. The van der Waals surface area contributed by atoms with Crippen LogP contribution in [0.4, 0.5) is 5.69 Å². The Hall–Kier alpha value is -1.29. The maximum Gasteiger partial charge on any atom is 0.269 e. The number of nitro groups is 1. The van der Waals surface area contributed by atoms with Crippen LogP contribution in [-0.2, 0) is 0 Å². The standard InChI is InChI=1S/C13H15NO2S/c1-17-13-8-11(9-13)3-2-10-4-6-12(7-5-10)14(15)16/h2-7,11,13H,8-9H2,1H3/b3-2+. The third kappa shape index (κ3) is 3.09. The van der Waals surface area contributed by atoms with Crippen molar-refractivity contribution in [3.05, 3.63) is 46.0 Å². The molecule has 17 heavy (non-hydrogen) atoms. The molecule has 0 saturated heterocycles. The fourth-order valence-corrected chi connectivity index (χ4v) is 2.79. The van der Waals surface area contributed by atoms with Gasteiger partial charge in [0.15, 0.2) is 0 Å². The molecule has 1 fully saturated rings. The van der Waals surface area contributed by atoms with Crippen LogP contribution in [0.5, 0.6) is 0 Å². The molecule has 0 spiro atoms. The van der Waals surface area contributed by atoms with Crippen molar-refractivity contribution in [3.63, 3.8) is 0 Å². The van der Waals surface area contributed by atoms with Gasteiger partial charge < -0.3 is 0 Å². The summed E-state index contributed by atoms with van der Waals surface area (Å²) in [6.07, 6.45) is 8.94. The SMILES string of the molecule is CSC1CC(/C=C/c2ccc([N+](=O)[O-])cc2)C1. The summed E-state index contributed by atoms with van der Waals surface area (Å²) in [7, 11) is 0. The minimum Gasteiger partial charge on any atom is -0.258 e. The van der Waals surface area contributed by atoms with Crippen molar-refractivity contribution >= 4 is 23.5 Å². The van der Waals surface area contributed by atoms with Gasteiger partial charge >= 0.3 is 0 Å². The largest absolute Gasteiger partial charge is 0.269 e. The number of nitro benzene ring substituents is 1. The van der Waals surface area contributed by atoms with Crippen LogP contribution in [-0.4, -0.2) is 16.4 Å². The van der Waals surface area contributed by atoms with Crippen LogP contribution in [0.3, 0.4) is 0 Å². The van der Waals surface area contributed by atoms with E-state index in [0.29, 0.717) is 5.92 Å². The van der Waals surface area contributed by atoms with Crippen molar-refractivity contribution in [2.24, 2.45) is 5.92 Å². The van der Waals surface area contributed by atoms with Crippen LogP contribution in [0.1, 0.15) is 18.4 Å². The van der Waals surface area contributed by atoms with Gasteiger partial charge in [-0.1, -0.05) is 12.2 Å². The minimum absolute atomic E-state index is 0.147. The maximum atomic E-state index is 10.5. The van der Waals surface area contributed by atoms with Crippen molar-refractivity contribution < 1.29 is 4.92 Å². The van der Waals surface area contributed by atoms with Gasteiger partial charge in [0.25, 0.3) is 5.69 Å². The van der Waals surface area contributed by atoms with Gasteiger partial charge in [-0.2, -0.15) is 11.8 Å². The van der Waals surface area contributed by atoms with E-state index in [1.165, 1.54) is 12.8 Å². The molecule has 1 aliphatic carbocycles. The number of hydrogen-bond donors (Lipinski definition) is 0. The van der Waals surface area contributed by atoms with Gasteiger partial charge in [0.05, 0.1) is 4.92 Å². The second-order valence-electron chi connectivity index (χ2n) is 4.30. The Balaban J connectivity index is 1.91. The molecule has 3 nitrogen and oxygen atoms in total. The van der Waals surface area contributed by atoms with E-state index in [9.17, 15) is 10.1 Å². The van der Waals surface area contributed by atoms with Crippen LogP contribution in [0.25, 0.3) is 6.08 Å². The molecule has 0 radical (unpaired) electrons. The summed E-state index contributed by atoms with van der Waals surface area (Å²) in [5.74, 6) is 0.683. The monoisotopic (exact) mass is 249 g/mol. The maximum absolute atomic E-state index is 10.5.